The van der Waals surface area contributed by atoms with Crippen molar-refractivity contribution in [3.63, 3.8) is 0 Å². The Morgan fingerprint density at radius 3 is 2.61 bits per heavy atom. The smallest absolute Gasteiger partial charge is 0.191 e. The van der Waals surface area contributed by atoms with Crippen molar-refractivity contribution in [2.45, 2.75) is 38.6 Å². The van der Waals surface area contributed by atoms with Gasteiger partial charge < -0.3 is 24.8 Å². The van der Waals surface area contributed by atoms with Crippen molar-refractivity contribution in [2.75, 3.05) is 66.8 Å². The van der Waals surface area contributed by atoms with E-state index in [0.717, 1.165) is 63.9 Å². The number of likely N-dealkylation sites (tertiary alicyclic amines) is 1. The van der Waals surface area contributed by atoms with Crippen molar-refractivity contribution in [1.82, 2.24) is 15.5 Å². The molecule has 31 heavy (non-hydrogen) atoms. The van der Waals surface area contributed by atoms with Crippen LogP contribution in [0.1, 0.15) is 44.2 Å². The highest BCUT2D eigenvalue weighted by Crippen LogP contribution is 2.27. The molecule has 1 atom stereocenters. The third kappa shape index (κ3) is 10.9. The summed E-state index contributed by atoms with van der Waals surface area (Å²) >= 11 is 0. The van der Waals surface area contributed by atoms with Gasteiger partial charge in [-0.1, -0.05) is 12.1 Å². The summed E-state index contributed by atoms with van der Waals surface area (Å²) in [4.78, 5) is 7.45. The first-order valence-electron chi connectivity index (χ1n) is 11.2. The normalized spacial score (nSPS) is 15.4. The molecule has 1 aliphatic rings. The minimum atomic E-state index is 0. The lowest BCUT2D eigenvalue weighted by molar-refractivity contribution is 0.0689. The molecule has 2 N–H and O–H groups in total. The van der Waals surface area contributed by atoms with Crippen molar-refractivity contribution in [1.29, 1.82) is 0 Å². The first-order valence-corrected chi connectivity index (χ1v) is 11.2. The number of methoxy groups -OCH3 is 2. The fraction of sp³-hybridized carbons (Fsp3) is 0.696. The number of unbranched alkanes of at least 4 members (excludes halogenated alkanes) is 1. The molecule has 0 bridgehead atoms. The first kappa shape index (κ1) is 27.9. The van der Waals surface area contributed by atoms with Gasteiger partial charge in [0.2, 0.25) is 0 Å². The highest BCUT2D eigenvalue weighted by Gasteiger charge is 2.23. The van der Waals surface area contributed by atoms with Gasteiger partial charge in [0, 0.05) is 26.8 Å². The van der Waals surface area contributed by atoms with Gasteiger partial charge in [-0.25, -0.2) is 0 Å². The number of aliphatic imine (C=N–C) groups is 1. The number of nitrogens with zero attached hydrogens (tertiary/aromatic N) is 2. The largest absolute Gasteiger partial charge is 0.497 e. The Bertz CT molecular complexity index is 612. The average Bonchev–Trinajstić information content (AvgIpc) is 3.30. The molecule has 1 aliphatic heterocycles. The molecule has 178 valence electrons. The summed E-state index contributed by atoms with van der Waals surface area (Å²) in [5.74, 6) is 1.78. The summed E-state index contributed by atoms with van der Waals surface area (Å²) in [6.07, 6.45) is 4.59. The third-order valence-electron chi connectivity index (χ3n) is 5.27. The molecule has 1 heterocycles. The lowest BCUT2D eigenvalue weighted by Gasteiger charge is -2.27. The molecule has 7 nitrogen and oxygen atoms in total. The van der Waals surface area contributed by atoms with Crippen molar-refractivity contribution in [3.8, 4) is 5.75 Å². The number of rotatable bonds is 14. The number of guanidine groups is 1. The number of nitrogens with one attached hydrogen (secondary N) is 2. The summed E-state index contributed by atoms with van der Waals surface area (Å²) < 4.78 is 15.9. The molecular formula is C23H41IN4O3. The Labute approximate surface area is 205 Å². The maximum absolute atomic E-state index is 5.52. The van der Waals surface area contributed by atoms with Crippen LogP contribution in [-0.2, 0) is 9.47 Å². The van der Waals surface area contributed by atoms with Crippen LogP contribution < -0.4 is 15.4 Å². The Morgan fingerprint density at radius 2 is 1.90 bits per heavy atom. The van der Waals surface area contributed by atoms with E-state index in [1.54, 1.807) is 14.2 Å². The molecule has 2 rings (SSSR count). The molecule has 1 aromatic carbocycles. The zero-order valence-electron chi connectivity index (χ0n) is 19.4. The Morgan fingerprint density at radius 1 is 1.10 bits per heavy atom. The second kappa shape index (κ2) is 17.5. The molecule has 0 aromatic heterocycles. The summed E-state index contributed by atoms with van der Waals surface area (Å²) in [5.41, 5.74) is 1.27. The van der Waals surface area contributed by atoms with E-state index in [2.05, 4.69) is 40.7 Å². The number of benzene rings is 1. The molecule has 0 saturated carbocycles. The molecule has 1 fully saturated rings. The Kier molecular flexibility index (Phi) is 15.7. The van der Waals surface area contributed by atoms with E-state index in [1.807, 2.05) is 6.07 Å². The quantitative estimate of drug-likeness (QED) is 0.161. The molecule has 1 aromatic rings. The second-order valence-corrected chi connectivity index (χ2v) is 7.49. The third-order valence-corrected chi connectivity index (χ3v) is 5.27. The van der Waals surface area contributed by atoms with E-state index in [4.69, 9.17) is 19.2 Å². The monoisotopic (exact) mass is 548 g/mol. The zero-order valence-corrected chi connectivity index (χ0v) is 21.7. The van der Waals surface area contributed by atoms with E-state index in [1.165, 1.54) is 18.4 Å². The topological polar surface area (TPSA) is 67.4 Å². The maximum atomic E-state index is 5.52. The van der Waals surface area contributed by atoms with Gasteiger partial charge >= 0.3 is 0 Å². The number of halogens is 1. The van der Waals surface area contributed by atoms with Crippen LogP contribution in [0.5, 0.6) is 5.75 Å². The standard InChI is InChI=1S/C23H40N4O3.HI/c1-4-24-23(25-12-5-8-15-30-17-16-28-2)26-19-22(27-13-6-7-14-27)20-10-9-11-21(18-20)29-3;/h9-11,18,22H,4-8,12-17,19H2,1-3H3,(H2,24,25,26);1H. The van der Waals surface area contributed by atoms with Crippen molar-refractivity contribution < 1.29 is 14.2 Å². The van der Waals surface area contributed by atoms with Crippen molar-refractivity contribution in [3.05, 3.63) is 29.8 Å². The van der Waals surface area contributed by atoms with E-state index >= 15 is 0 Å². The summed E-state index contributed by atoms with van der Waals surface area (Å²) in [6, 6.07) is 8.66. The van der Waals surface area contributed by atoms with Crippen LogP contribution in [0.15, 0.2) is 29.3 Å². The van der Waals surface area contributed by atoms with Crippen LogP contribution in [0.2, 0.25) is 0 Å². The van der Waals surface area contributed by atoms with Crippen LogP contribution >= 0.6 is 24.0 Å². The van der Waals surface area contributed by atoms with Crippen LogP contribution in [0, 0.1) is 0 Å². The van der Waals surface area contributed by atoms with E-state index < -0.39 is 0 Å². The molecule has 0 amide bonds. The van der Waals surface area contributed by atoms with E-state index in [0.29, 0.717) is 13.2 Å². The van der Waals surface area contributed by atoms with Gasteiger partial charge in [-0.05, 0) is 63.4 Å². The SMILES string of the molecule is CCNC(=NCC(c1cccc(OC)c1)N1CCCC1)NCCCCOCCOC.I. The summed E-state index contributed by atoms with van der Waals surface area (Å²) in [5, 5.41) is 6.83. The molecule has 1 saturated heterocycles. The summed E-state index contributed by atoms with van der Waals surface area (Å²) in [7, 11) is 3.41. The van der Waals surface area contributed by atoms with Gasteiger partial charge in [-0.15, -0.1) is 24.0 Å². The highest BCUT2D eigenvalue weighted by atomic mass is 127. The van der Waals surface area contributed by atoms with Crippen LogP contribution in [-0.4, -0.2) is 77.6 Å². The van der Waals surface area contributed by atoms with Gasteiger partial charge in [0.05, 0.1) is 32.9 Å². The average molecular weight is 549 g/mol. The minimum Gasteiger partial charge on any atom is -0.497 e. The second-order valence-electron chi connectivity index (χ2n) is 7.49. The predicted molar refractivity (Wildman–Crippen MR) is 138 cm³/mol. The van der Waals surface area contributed by atoms with Gasteiger partial charge in [0.15, 0.2) is 5.96 Å². The highest BCUT2D eigenvalue weighted by molar-refractivity contribution is 14.0. The van der Waals surface area contributed by atoms with E-state index in [-0.39, 0.29) is 30.0 Å². The predicted octanol–water partition coefficient (Wildman–Crippen LogP) is 3.45. The lowest BCUT2D eigenvalue weighted by Crippen LogP contribution is -2.39. The number of hydrogen-bond acceptors (Lipinski definition) is 5. The van der Waals surface area contributed by atoms with Crippen LogP contribution in [0.4, 0.5) is 0 Å². The zero-order chi connectivity index (χ0) is 21.4. The molecular weight excluding hydrogens is 507 g/mol. The van der Waals surface area contributed by atoms with Gasteiger partial charge in [-0.3, -0.25) is 9.89 Å². The number of hydrogen-bond donors (Lipinski definition) is 2. The van der Waals surface area contributed by atoms with Crippen LogP contribution in [0.3, 0.4) is 0 Å². The fourth-order valence-electron chi connectivity index (χ4n) is 3.63. The Hall–Kier alpha value is -1.10. The molecule has 8 heteroatoms. The Balaban J connectivity index is 0.00000480. The van der Waals surface area contributed by atoms with Gasteiger partial charge in [0.25, 0.3) is 0 Å². The van der Waals surface area contributed by atoms with Crippen molar-refractivity contribution >= 4 is 29.9 Å². The maximum Gasteiger partial charge on any atom is 0.191 e. The molecule has 0 aliphatic carbocycles. The molecule has 1 unspecified atom stereocenters. The number of ether oxygens (including phenoxy) is 3. The summed E-state index contributed by atoms with van der Waals surface area (Å²) in [6.45, 7) is 8.90. The van der Waals surface area contributed by atoms with Crippen molar-refractivity contribution in [2.24, 2.45) is 4.99 Å². The molecule has 0 radical (unpaired) electrons. The van der Waals surface area contributed by atoms with Crippen LogP contribution in [0.25, 0.3) is 0 Å². The molecule has 0 spiro atoms. The van der Waals surface area contributed by atoms with Gasteiger partial charge in [-0.2, -0.15) is 0 Å². The van der Waals surface area contributed by atoms with Gasteiger partial charge in [0.1, 0.15) is 5.75 Å². The fourth-order valence-corrected chi connectivity index (χ4v) is 3.63. The van der Waals surface area contributed by atoms with E-state index in [9.17, 15) is 0 Å². The lowest BCUT2D eigenvalue weighted by atomic mass is 10.1. The first-order chi connectivity index (χ1) is 14.8. The minimum absolute atomic E-state index is 0.